The van der Waals surface area contributed by atoms with Crippen LogP contribution in [0.2, 0.25) is 0 Å². The van der Waals surface area contributed by atoms with E-state index in [1.807, 2.05) is 49.4 Å². The number of nitrogens with one attached hydrogen (secondary N) is 1. The molecule has 1 aliphatic heterocycles. The van der Waals surface area contributed by atoms with E-state index < -0.39 is 0 Å². The minimum atomic E-state index is -0.388. The molecule has 5 nitrogen and oxygen atoms in total. The fourth-order valence-electron chi connectivity index (χ4n) is 2.66. The maximum Gasteiger partial charge on any atom is 0.329 e. The van der Waals surface area contributed by atoms with Crippen molar-refractivity contribution in [1.29, 1.82) is 0 Å². The number of ether oxygens (including phenoxy) is 1. The Morgan fingerprint density at radius 1 is 1.07 bits per heavy atom. The van der Waals surface area contributed by atoms with Crippen LogP contribution in [0.3, 0.4) is 0 Å². The van der Waals surface area contributed by atoms with Crippen LogP contribution in [0.4, 0.5) is 4.79 Å². The van der Waals surface area contributed by atoms with E-state index in [9.17, 15) is 9.59 Å². The van der Waals surface area contributed by atoms with Gasteiger partial charge in [-0.1, -0.05) is 50.9 Å². The Morgan fingerprint density at radius 2 is 1.78 bits per heavy atom. The minimum absolute atomic E-state index is 0.250. The van der Waals surface area contributed by atoms with Crippen LogP contribution in [0.1, 0.15) is 24.5 Å². The topological polar surface area (TPSA) is 58.6 Å². The fourth-order valence-corrected chi connectivity index (χ4v) is 3.30. The van der Waals surface area contributed by atoms with Crippen molar-refractivity contribution in [3.05, 3.63) is 68.2 Å². The number of nitrogens with zero attached hydrogens (tertiary/aromatic N) is 1. The SMILES string of the molecule is CCCN1C(=O)N/C(=C/c2cc(Br)ccc2OCc2ccc(Br)cc2)C1=O. The highest BCUT2D eigenvalue weighted by Gasteiger charge is 2.32. The molecule has 27 heavy (non-hydrogen) atoms. The molecule has 2 aromatic rings. The van der Waals surface area contributed by atoms with Gasteiger partial charge >= 0.3 is 6.03 Å². The zero-order valence-electron chi connectivity index (χ0n) is 14.7. The molecule has 0 spiro atoms. The number of hydrogen-bond donors (Lipinski definition) is 1. The number of halogens is 2. The third-order valence-electron chi connectivity index (χ3n) is 3.99. The van der Waals surface area contributed by atoms with Gasteiger partial charge in [0.05, 0.1) is 0 Å². The van der Waals surface area contributed by atoms with Crippen molar-refractivity contribution in [3.63, 3.8) is 0 Å². The Labute approximate surface area is 174 Å². The van der Waals surface area contributed by atoms with Crippen LogP contribution in [-0.4, -0.2) is 23.4 Å². The largest absolute Gasteiger partial charge is 0.488 e. The van der Waals surface area contributed by atoms with Crippen LogP contribution in [0.25, 0.3) is 6.08 Å². The van der Waals surface area contributed by atoms with E-state index in [1.54, 1.807) is 6.08 Å². The number of urea groups is 1. The van der Waals surface area contributed by atoms with Crippen molar-refractivity contribution >= 4 is 49.9 Å². The van der Waals surface area contributed by atoms with Gasteiger partial charge in [0.15, 0.2) is 0 Å². The van der Waals surface area contributed by atoms with Crippen molar-refractivity contribution in [2.75, 3.05) is 6.54 Å². The van der Waals surface area contributed by atoms with Crippen LogP contribution in [0.15, 0.2) is 57.1 Å². The molecule has 1 aliphatic rings. The number of carbonyl (C=O) groups is 2. The lowest BCUT2D eigenvalue weighted by atomic mass is 10.1. The minimum Gasteiger partial charge on any atom is -0.488 e. The van der Waals surface area contributed by atoms with Gasteiger partial charge in [0, 0.05) is 21.1 Å². The number of hydrogen-bond acceptors (Lipinski definition) is 3. The molecule has 3 amide bonds. The predicted octanol–water partition coefficient (Wildman–Crippen LogP) is 5.09. The van der Waals surface area contributed by atoms with Crippen LogP contribution < -0.4 is 10.1 Å². The third-order valence-corrected chi connectivity index (χ3v) is 5.01. The predicted molar refractivity (Wildman–Crippen MR) is 111 cm³/mol. The summed E-state index contributed by atoms with van der Waals surface area (Å²) >= 11 is 6.85. The van der Waals surface area contributed by atoms with Gasteiger partial charge in [-0.25, -0.2) is 4.79 Å². The highest BCUT2D eigenvalue weighted by Crippen LogP contribution is 2.27. The second-order valence-corrected chi connectivity index (χ2v) is 7.87. The number of imide groups is 1. The molecule has 140 valence electrons. The second kappa shape index (κ2) is 8.71. The molecule has 0 radical (unpaired) electrons. The van der Waals surface area contributed by atoms with Crippen LogP contribution >= 0.6 is 31.9 Å². The molecular weight excluding hydrogens is 476 g/mol. The van der Waals surface area contributed by atoms with E-state index in [0.29, 0.717) is 30.9 Å². The first-order valence-corrected chi connectivity index (χ1v) is 10.1. The zero-order chi connectivity index (χ0) is 19.4. The van der Waals surface area contributed by atoms with E-state index in [1.165, 1.54) is 4.90 Å². The molecule has 1 fully saturated rings. The summed E-state index contributed by atoms with van der Waals surface area (Å²) in [5.41, 5.74) is 1.99. The average molecular weight is 494 g/mol. The summed E-state index contributed by atoms with van der Waals surface area (Å²) < 4.78 is 7.81. The lowest BCUT2D eigenvalue weighted by Gasteiger charge is -2.11. The highest BCUT2D eigenvalue weighted by atomic mass is 79.9. The summed E-state index contributed by atoms with van der Waals surface area (Å²) in [4.78, 5) is 25.6. The molecule has 0 saturated carbocycles. The summed E-state index contributed by atoms with van der Waals surface area (Å²) in [7, 11) is 0. The van der Waals surface area contributed by atoms with Crippen molar-refractivity contribution in [2.24, 2.45) is 0 Å². The molecule has 0 unspecified atom stereocenters. The first-order valence-electron chi connectivity index (χ1n) is 8.49. The van der Waals surface area contributed by atoms with Gasteiger partial charge in [-0.15, -0.1) is 0 Å². The molecule has 2 aromatic carbocycles. The molecule has 7 heteroatoms. The van der Waals surface area contributed by atoms with Gasteiger partial charge in [-0.2, -0.15) is 0 Å². The molecule has 1 saturated heterocycles. The van der Waals surface area contributed by atoms with Crippen molar-refractivity contribution in [1.82, 2.24) is 10.2 Å². The molecule has 0 atom stereocenters. The Kier molecular flexibility index (Phi) is 6.34. The summed E-state index contributed by atoms with van der Waals surface area (Å²) in [6, 6.07) is 13.0. The average Bonchev–Trinajstić information content (AvgIpc) is 2.90. The Morgan fingerprint density at radius 3 is 2.48 bits per heavy atom. The molecule has 0 aromatic heterocycles. The van der Waals surface area contributed by atoms with Crippen molar-refractivity contribution < 1.29 is 14.3 Å². The quantitative estimate of drug-likeness (QED) is 0.450. The number of carbonyl (C=O) groups excluding carboxylic acids is 2. The smallest absolute Gasteiger partial charge is 0.329 e. The number of benzene rings is 2. The van der Waals surface area contributed by atoms with Crippen LogP contribution in [-0.2, 0) is 11.4 Å². The maximum atomic E-state index is 12.4. The van der Waals surface area contributed by atoms with Gasteiger partial charge < -0.3 is 10.1 Å². The summed E-state index contributed by atoms with van der Waals surface area (Å²) in [6.45, 7) is 2.71. The van der Waals surface area contributed by atoms with Gasteiger partial charge in [0.1, 0.15) is 18.1 Å². The third kappa shape index (κ3) is 4.78. The van der Waals surface area contributed by atoms with Crippen LogP contribution in [0, 0.1) is 0 Å². The summed E-state index contributed by atoms with van der Waals surface area (Å²) in [5.74, 6) is 0.310. The fraction of sp³-hybridized carbons (Fsp3) is 0.200. The maximum absolute atomic E-state index is 12.4. The Balaban J connectivity index is 1.83. The normalized spacial score (nSPS) is 15.4. The molecule has 1 heterocycles. The van der Waals surface area contributed by atoms with E-state index in [4.69, 9.17) is 4.74 Å². The molecular formula is C20H18Br2N2O3. The summed E-state index contributed by atoms with van der Waals surface area (Å²) in [6.07, 6.45) is 2.36. The van der Waals surface area contributed by atoms with E-state index >= 15 is 0 Å². The zero-order valence-corrected chi connectivity index (χ0v) is 17.8. The second-order valence-electron chi connectivity index (χ2n) is 6.04. The standard InChI is InChI=1S/C20H18Br2N2O3/c1-2-9-24-19(25)17(23-20(24)26)11-14-10-16(22)7-8-18(14)27-12-13-3-5-15(21)6-4-13/h3-8,10-11H,2,9,12H2,1H3,(H,23,26)/b17-11+. The van der Waals surface area contributed by atoms with Gasteiger partial charge in [-0.3, -0.25) is 9.69 Å². The highest BCUT2D eigenvalue weighted by molar-refractivity contribution is 9.10. The van der Waals surface area contributed by atoms with Crippen LogP contribution in [0.5, 0.6) is 5.75 Å². The van der Waals surface area contributed by atoms with E-state index in [0.717, 1.165) is 14.5 Å². The molecule has 0 bridgehead atoms. The molecule has 1 N–H and O–H groups in total. The Bertz CT molecular complexity index is 895. The summed E-state index contributed by atoms with van der Waals surface area (Å²) in [5, 5.41) is 2.64. The lowest BCUT2D eigenvalue weighted by Crippen LogP contribution is -2.31. The van der Waals surface area contributed by atoms with Crippen molar-refractivity contribution in [2.45, 2.75) is 20.0 Å². The van der Waals surface area contributed by atoms with Gasteiger partial charge in [0.2, 0.25) is 0 Å². The number of rotatable bonds is 6. The first-order chi connectivity index (χ1) is 13.0. The Hall–Kier alpha value is -2.12. The first kappa shape index (κ1) is 19.6. The molecule has 3 rings (SSSR count). The monoisotopic (exact) mass is 492 g/mol. The van der Waals surface area contributed by atoms with Gasteiger partial charge in [0.25, 0.3) is 5.91 Å². The number of amides is 3. The lowest BCUT2D eigenvalue weighted by molar-refractivity contribution is -0.122. The van der Waals surface area contributed by atoms with Crippen molar-refractivity contribution in [3.8, 4) is 5.75 Å². The van der Waals surface area contributed by atoms with E-state index in [2.05, 4.69) is 37.2 Å². The molecule has 0 aliphatic carbocycles. The van der Waals surface area contributed by atoms with Gasteiger partial charge in [-0.05, 0) is 48.4 Å². The van der Waals surface area contributed by atoms with E-state index in [-0.39, 0.29) is 17.6 Å².